The van der Waals surface area contributed by atoms with Crippen molar-refractivity contribution in [2.75, 3.05) is 27.1 Å². The first-order chi connectivity index (χ1) is 14.4. The molecule has 1 aliphatic heterocycles. The fraction of sp³-hybridized carbons (Fsp3) is 0.600. The van der Waals surface area contributed by atoms with Gasteiger partial charge in [-0.2, -0.15) is 0 Å². The summed E-state index contributed by atoms with van der Waals surface area (Å²) < 4.78 is 26.4. The highest BCUT2D eigenvalue weighted by atomic mass is 16.7. The predicted molar refractivity (Wildman–Crippen MR) is 104 cm³/mol. The Bertz CT molecular complexity index is 754. The average molecular weight is 424 g/mol. The highest BCUT2D eigenvalue weighted by Crippen LogP contribution is 2.29. The van der Waals surface area contributed by atoms with Gasteiger partial charge in [0, 0.05) is 25.8 Å². The van der Waals surface area contributed by atoms with E-state index in [0.29, 0.717) is 6.61 Å². The lowest BCUT2D eigenvalue weighted by molar-refractivity contribution is -0.153. The van der Waals surface area contributed by atoms with Gasteiger partial charge < -0.3 is 29.0 Å². The molecule has 2 rings (SSSR count). The molecule has 1 saturated heterocycles. The normalized spacial score (nSPS) is 22.0. The van der Waals surface area contributed by atoms with E-state index in [-0.39, 0.29) is 35.8 Å². The van der Waals surface area contributed by atoms with E-state index in [1.807, 2.05) is 13.8 Å². The third-order valence-corrected chi connectivity index (χ3v) is 4.77. The summed E-state index contributed by atoms with van der Waals surface area (Å²) in [7, 11) is 1.39. The molecule has 1 aromatic rings. The number of methoxy groups -OCH3 is 1. The van der Waals surface area contributed by atoms with Gasteiger partial charge in [0.15, 0.2) is 23.2 Å². The number of aromatic nitrogens is 1. The molecule has 10 heteroatoms. The smallest absolute Gasteiger partial charge is 0.331 e. The molecule has 1 amide bonds. The third kappa shape index (κ3) is 6.31. The Hall–Kier alpha value is -2.88. The first-order valence-electron chi connectivity index (χ1n) is 9.75. The second-order valence-corrected chi connectivity index (χ2v) is 6.79. The Kier molecular flexibility index (Phi) is 8.85. The first-order valence-corrected chi connectivity index (χ1v) is 9.75. The number of hydrogen-bond donors (Lipinski definition) is 1. The molecular weight excluding hydrogens is 396 g/mol. The summed E-state index contributed by atoms with van der Waals surface area (Å²) in [6.45, 7) is 5.09. The number of nitrogens with zero attached hydrogens (tertiary/aromatic N) is 1. The van der Waals surface area contributed by atoms with E-state index in [1.54, 1.807) is 0 Å². The maximum atomic E-state index is 12.9. The Morgan fingerprint density at radius 1 is 1.37 bits per heavy atom. The highest BCUT2D eigenvalue weighted by Gasteiger charge is 2.30. The second-order valence-electron chi connectivity index (χ2n) is 6.79. The minimum atomic E-state index is -1.01. The van der Waals surface area contributed by atoms with Crippen molar-refractivity contribution >= 4 is 17.8 Å². The van der Waals surface area contributed by atoms with Crippen molar-refractivity contribution in [1.82, 2.24) is 10.3 Å². The van der Waals surface area contributed by atoms with Crippen LogP contribution in [-0.2, 0) is 23.8 Å². The summed E-state index contributed by atoms with van der Waals surface area (Å²) in [6, 6.07) is 0.481. The molecular formula is C20H28N2O8. The predicted octanol–water partition coefficient (Wildman–Crippen LogP) is 1.47. The number of hydrogen-bond acceptors (Lipinski definition) is 9. The van der Waals surface area contributed by atoms with Crippen LogP contribution in [0.2, 0.25) is 0 Å². The number of cyclic esters (lactones) is 1. The van der Waals surface area contributed by atoms with Gasteiger partial charge in [-0.05, 0) is 25.7 Å². The maximum Gasteiger partial charge on any atom is 0.331 e. The molecule has 3 atom stereocenters. The number of nitrogens with one attached hydrogen (secondary N) is 1. The van der Waals surface area contributed by atoms with Gasteiger partial charge in [-0.3, -0.25) is 9.59 Å². The Labute approximate surface area is 175 Å². The van der Waals surface area contributed by atoms with Gasteiger partial charge in [-0.25, -0.2) is 9.78 Å². The van der Waals surface area contributed by atoms with E-state index in [4.69, 9.17) is 23.7 Å². The van der Waals surface area contributed by atoms with Crippen molar-refractivity contribution in [2.24, 2.45) is 5.92 Å². The molecule has 0 aromatic carbocycles. The van der Waals surface area contributed by atoms with Gasteiger partial charge in [0.05, 0.1) is 13.7 Å². The molecule has 0 bridgehead atoms. The van der Waals surface area contributed by atoms with Crippen LogP contribution in [0.4, 0.5) is 0 Å². The topological polar surface area (TPSA) is 122 Å². The van der Waals surface area contributed by atoms with Crippen LogP contribution >= 0.6 is 0 Å². The maximum absolute atomic E-state index is 12.9. The Balaban J connectivity index is 2.17. The van der Waals surface area contributed by atoms with Crippen molar-refractivity contribution in [1.29, 1.82) is 0 Å². The monoisotopic (exact) mass is 424 g/mol. The first kappa shape index (κ1) is 23.4. The van der Waals surface area contributed by atoms with E-state index < -0.39 is 30.7 Å². The number of amides is 1. The molecule has 166 valence electrons. The van der Waals surface area contributed by atoms with Crippen molar-refractivity contribution in [3.63, 3.8) is 0 Å². The molecule has 0 aliphatic carbocycles. The van der Waals surface area contributed by atoms with Gasteiger partial charge >= 0.3 is 11.9 Å². The fourth-order valence-electron chi connectivity index (χ4n) is 3.03. The van der Waals surface area contributed by atoms with Crippen LogP contribution in [-0.4, -0.2) is 62.1 Å². The fourth-order valence-corrected chi connectivity index (χ4v) is 3.03. The number of carbonyl (C=O) groups excluding carboxylic acids is 3. The van der Waals surface area contributed by atoms with Crippen LogP contribution in [0.15, 0.2) is 12.3 Å². The van der Waals surface area contributed by atoms with Gasteiger partial charge in [-0.1, -0.05) is 6.92 Å². The average Bonchev–Trinajstić information content (AvgIpc) is 2.77. The van der Waals surface area contributed by atoms with Crippen molar-refractivity contribution in [2.45, 2.75) is 45.8 Å². The molecule has 1 aromatic heterocycles. The van der Waals surface area contributed by atoms with Crippen LogP contribution in [0.1, 0.15) is 44.1 Å². The summed E-state index contributed by atoms with van der Waals surface area (Å²) in [6.07, 6.45) is 2.68. The molecule has 10 nitrogen and oxygen atoms in total. The quantitative estimate of drug-likeness (QED) is 0.512. The minimum Gasteiger partial charge on any atom is -0.493 e. The van der Waals surface area contributed by atoms with Crippen LogP contribution in [0.3, 0.4) is 0 Å². The second kappa shape index (κ2) is 11.3. The zero-order chi connectivity index (χ0) is 22.1. The summed E-state index contributed by atoms with van der Waals surface area (Å²) in [5.74, 6) is -1.43. The Morgan fingerprint density at radius 2 is 2.13 bits per heavy atom. The number of esters is 2. The van der Waals surface area contributed by atoms with E-state index in [2.05, 4.69) is 10.3 Å². The van der Waals surface area contributed by atoms with Gasteiger partial charge in [-0.15, -0.1) is 0 Å². The molecule has 1 aliphatic rings. The number of carbonyl (C=O) groups is 3. The summed E-state index contributed by atoms with van der Waals surface area (Å²) in [5, 5.41) is 2.58. The minimum absolute atomic E-state index is 0.0180. The summed E-state index contributed by atoms with van der Waals surface area (Å²) in [4.78, 5) is 40.4. The van der Waals surface area contributed by atoms with Gasteiger partial charge in [0.2, 0.25) is 6.79 Å². The van der Waals surface area contributed by atoms with Crippen molar-refractivity contribution in [3.05, 3.63) is 18.0 Å². The van der Waals surface area contributed by atoms with Gasteiger partial charge in [0.25, 0.3) is 5.91 Å². The standard InChI is InChI=1S/C20H28N2O8/c1-5-14-7-9-27-10-15(20(25)30-12(14)2)22-19(24)17-18(29-11-28-13(3)23)16(26-4)6-8-21-17/h6,8,12,14-15H,5,7,9-11H2,1-4H3,(H,22,24)/t12?,14-,15+/m1/s1. The zero-order valence-electron chi connectivity index (χ0n) is 17.6. The van der Waals surface area contributed by atoms with E-state index >= 15 is 0 Å². The van der Waals surface area contributed by atoms with Crippen LogP contribution in [0.25, 0.3) is 0 Å². The number of ether oxygens (including phenoxy) is 5. The molecule has 1 fully saturated rings. The number of rotatable bonds is 7. The summed E-state index contributed by atoms with van der Waals surface area (Å²) in [5.41, 5.74) is -0.131. The Morgan fingerprint density at radius 3 is 2.80 bits per heavy atom. The van der Waals surface area contributed by atoms with Gasteiger partial charge in [0.1, 0.15) is 6.10 Å². The molecule has 0 spiro atoms. The highest BCUT2D eigenvalue weighted by molar-refractivity contribution is 5.98. The number of pyridine rings is 1. The van der Waals surface area contributed by atoms with Crippen molar-refractivity contribution < 1.29 is 38.1 Å². The van der Waals surface area contributed by atoms with Crippen molar-refractivity contribution in [3.8, 4) is 11.5 Å². The van der Waals surface area contributed by atoms with Crippen LogP contribution < -0.4 is 14.8 Å². The molecule has 30 heavy (non-hydrogen) atoms. The van der Waals surface area contributed by atoms with E-state index in [9.17, 15) is 14.4 Å². The van der Waals surface area contributed by atoms with Crippen LogP contribution in [0.5, 0.6) is 11.5 Å². The lowest BCUT2D eigenvalue weighted by Gasteiger charge is -2.23. The SMILES string of the molecule is CC[C@@H]1CCOC[C@H](NC(=O)c2nccc(OC)c2OCOC(C)=O)C(=O)OC1C. The van der Waals surface area contributed by atoms with E-state index in [0.717, 1.165) is 12.8 Å². The van der Waals surface area contributed by atoms with E-state index in [1.165, 1.54) is 26.3 Å². The molecule has 1 N–H and O–H groups in total. The largest absolute Gasteiger partial charge is 0.493 e. The van der Waals surface area contributed by atoms with Crippen LogP contribution in [0, 0.1) is 5.92 Å². The molecule has 0 saturated carbocycles. The molecule has 0 radical (unpaired) electrons. The lowest BCUT2D eigenvalue weighted by atomic mass is 9.97. The third-order valence-electron chi connectivity index (χ3n) is 4.77. The summed E-state index contributed by atoms with van der Waals surface area (Å²) >= 11 is 0. The zero-order valence-corrected chi connectivity index (χ0v) is 17.6. The molecule has 1 unspecified atom stereocenters. The molecule has 2 heterocycles. The lowest BCUT2D eigenvalue weighted by Crippen LogP contribution is -2.46.